The molecule has 8 heteroatoms. The van der Waals surface area contributed by atoms with Crippen LogP contribution in [-0.2, 0) is 31.1 Å². The molecule has 1 aliphatic rings. The quantitative estimate of drug-likeness (QED) is 0.580. The van der Waals surface area contributed by atoms with E-state index in [1.54, 1.807) is 24.0 Å². The number of aliphatic carboxylic acids is 1. The van der Waals surface area contributed by atoms with Gasteiger partial charge in [-0.25, -0.2) is 4.98 Å². The van der Waals surface area contributed by atoms with E-state index in [1.165, 1.54) is 16.2 Å². The van der Waals surface area contributed by atoms with Crippen LogP contribution in [0, 0.1) is 0 Å². The topological polar surface area (TPSA) is 102 Å². The minimum Gasteiger partial charge on any atom is -0.481 e. The standard InChI is InChI=1S/C23H27N5O3/c1-27-15-17(8-10-21(27)29)20(14-22(30)31)28-13-11-19(26-28)6-2-5-18-9-7-16-4-3-12-24-23(16)25-18/h7-11,13,15,20H,2-6,12,14H2,1H3,(H,24,25)(H,30,31)/t20-/m0/s1. The van der Waals surface area contributed by atoms with Gasteiger partial charge in [0.1, 0.15) is 5.82 Å². The summed E-state index contributed by atoms with van der Waals surface area (Å²) < 4.78 is 3.14. The van der Waals surface area contributed by atoms with Crippen LogP contribution in [0.1, 0.15) is 47.8 Å². The molecule has 2 N–H and O–H groups in total. The van der Waals surface area contributed by atoms with E-state index in [2.05, 4.69) is 22.5 Å². The predicted octanol–water partition coefficient (Wildman–Crippen LogP) is 2.57. The van der Waals surface area contributed by atoms with Gasteiger partial charge in [0.05, 0.1) is 18.2 Å². The van der Waals surface area contributed by atoms with Crippen molar-refractivity contribution in [2.75, 3.05) is 11.9 Å². The molecule has 0 aliphatic carbocycles. The number of carboxylic acids is 1. The van der Waals surface area contributed by atoms with E-state index < -0.39 is 12.0 Å². The number of aromatic nitrogens is 4. The van der Waals surface area contributed by atoms with Crippen molar-refractivity contribution in [1.82, 2.24) is 19.3 Å². The molecule has 0 fully saturated rings. The lowest BCUT2D eigenvalue weighted by molar-refractivity contribution is -0.137. The van der Waals surface area contributed by atoms with Crippen molar-refractivity contribution in [2.45, 2.75) is 44.6 Å². The highest BCUT2D eigenvalue weighted by molar-refractivity contribution is 5.68. The average molecular weight is 422 g/mol. The number of carbonyl (C=O) groups is 1. The molecule has 4 heterocycles. The van der Waals surface area contributed by atoms with Crippen molar-refractivity contribution in [2.24, 2.45) is 7.05 Å². The zero-order valence-corrected chi connectivity index (χ0v) is 17.6. The van der Waals surface area contributed by atoms with Gasteiger partial charge >= 0.3 is 5.97 Å². The summed E-state index contributed by atoms with van der Waals surface area (Å²) in [5.41, 5.74) is 3.88. The Balaban J connectivity index is 1.42. The normalized spacial score (nSPS) is 14.0. The number of fused-ring (bicyclic) bond motifs is 1. The van der Waals surface area contributed by atoms with Gasteiger partial charge in [-0.05, 0) is 61.4 Å². The molecule has 0 amide bonds. The lowest BCUT2D eigenvalue weighted by atomic mass is 10.1. The van der Waals surface area contributed by atoms with Crippen molar-refractivity contribution in [1.29, 1.82) is 0 Å². The van der Waals surface area contributed by atoms with Crippen LogP contribution in [0.5, 0.6) is 0 Å². The van der Waals surface area contributed by atoms with Gasteiger partial charge in [-0.2, -0.15) is 5.10 Å². The highest BCUT2D eigenvalue weighted by Crippen LogP contribution is 2.22. The van der Waals surface area contributed by atoms with Gasteiger partial charge in [-0.1, -0.05) is 6.07 Å². The number of carboxylic acid groups (broad SMARTS) is 1. The molecule has 8 nitrogen and oxygen atoms in total. The van der Waals surface area contributed by atoms with Gasteiger partial charge in [0, 0.05) is 37.7 Å². The summed E-state index contributed by atoms with van der Waals surface area (Å²) >= 11 is 0. The largest absolute Gasteiger partial charge is 0.481 e. The second-order valence-electron chi connectivity index (χ2n) is 8.01. The van der Waals surface area contributed by atoms with Crippen LogP contribution < -0.4 is 10.9 Å². The van der Waals surface area contributed by atoms with E-state index in [9.17, 15) is 14.7 Å². The summed E-state index contributed by atoms with van der Waals surface area (Å²) in [6, 6.07) is 8.86. The van der Waals surface area contributed by atoms with Crippen LogP contribution >= 0.6 is 0 Å². The monoisotopic (exact) mass is 421 g/mol. The van der Waals surface area contributed by atoms with Crippen LogP contribution in [0.15, 0.2) is 47.5 Å². The summed E-state index contributed by atoms with van der Waals surface area (Å²) in [5, 5.41) is 17.4. The Hall–Kier alpha value is -3.42. The number of hydrogen-bond donors (Lipinski definition) is 2. The molecule has 31 heavy (non-hydrogen) atoms. The number of nitrogens with one attached hydrogen (secondary N) is 1. The predicted molar refractivity (Wildman–Crippen MR) is 117 cm³/mol. The molecule has 3 aromatic heterocycles. The first-order valence-corrected chi connectivity index (χ1v) is 10.6. The van der Waals surface area contributed by atoms with Crippen molar-refractivity contribution in [3.63, 3.8) is 0 Å². The average Bonchev–Trinajstić information content (AvgIpc) is 3.22. The highest BCUT2D eigenvalue weighted by Gasteiger charge is 2.19. The Bertz CT molecular complexity index is 1130. The molecule has 0 saturated carbocycles. The Kier molecular flexibility index (Phi) is 6.16. The van der Waals surface area contributed by atoms with Crippen molar-refractivity contribution < 1.29 is 9.90 Å². The molecule has 0 aromatic carbocycles. The molecule has 4 rings (SSSR count). The number of aryl methyl sites for hydroxylation is 4. The summed E-state index contributed by atoms with van der Waals surface area (Å²) in [6.45, 7) is 0.980. The molecule has 0 radical (unpaired) electrons. The maximum absolute atomic E-state index is 11.7. The SMILES string of the molecule is Cn1cc([C@H](CC(=O)O)n2ccc(CCCc3ccc4c(n3)NCCC4)n2)ccc1=O. The second-order valence-corrected chi connectivity index (χ2v) is 8.01. The summed E-state index contributed by atoms with van der Waals surface area (Å²) in [7, 11) is 1.66. The van der Waals surface area contributed by atoms with E-state index in [0.29, 0.717) is 0 Å². The van der Waals surface area contributed by atoms with Crippen LogP contribution in [0.25, 0.3) is 0 Å². The Morgan fingerprint density at radius 2 is 2.03 bits per heavy atom. The molecular formula is C23H27N5O3. The third kappa shape index (κ3) is 5.02. The number of anilines is 1. The third-order valence-electron chi connectivity index (χ3n) is 5.66. The molecule has 162 valence electrons. The van der Waals surface area contributed by atoms with Gasteiger partial charge in [-0.3, -0.25) is 14.3 Å². The third-order valence-corrected chi connectivity index (χ3v) is 5.66. The number of pyridine rings is 2. The lowest BCUT2D eigenvalue weighted by Gasteiger charge is -2.17. The first-order chi connectivity index (χ1) is 15.0. The minimum absolute atomic E-state index is 0.106. The summed E-state index contributed by atoms with van der Waals surface area (Å²) in [4.78, 5) is 27.8. The fraction of sp³-hybridized carbons (Fsp3) is 0.391. The highest BCUT2D eigenvalue weighted by atomic mass is 16.4. The molecule has 0 unspecified atom stereocenters. The summed E-state index contributed by atoms with van der Waals surface area (Å²) in [5.74, 6) is 0.102. The first-order valence-electron chi connectivity index (χ1n) is 10.6. The molecular weight excluding hydrogens is 394 g/mol. The first kappa shape index (κ1) is 20.8. The fourth-order valence-corrected chi connectivity index (χ4v) is 3.98. The Labute approximate surface area is 180 Å². The molecule has 1 atom stereocenters. The smallest absolute Gasteiger partial charge is 0.305 e. The molecule has 0 bridgehead atoms. The van der Waals surface area contributed by atoms with E-state index in [1.807, 2.05) is 12.3 Å². The van der Waals surface area contributed by atoms with Crippen LogP contribution in [0.4, 0.5) is 5.82 Å². The number of hydrogen-bond acceptors (Lipinski definition) is 5. The van der Waals surface area contributed by atoms with E-state index in [4.69, 9.17) is 4.98 Å². The minimum atomic E-state index is -0.914. The number of rotatable bonds is 8. The van der Waals surface area contributed by atoms with Gasteiger partial charge < -0.3 is 15.0 Å². The van der Waals surface area contributed by atoms with Gasteiger partial charge in [0.2, 0.25) is 5.56 Å². The number of nitrogens with zero attached hydrogens (tertiary/aromatic N) is 4. The van der Waals surface area contributed by atoms with Gasteiger partial charge in [-0.15, -0.1) is 0 Å². The van der Waals surface area contributed by atoms with Crippen LogP contribution in [0.3, 0.4) is 0 Å². The molecule has 3 aromatic rings. The van der Waals surface area contributed by atoms with Crippen molar-refractivity contribution in [3.05, 3.63) is 75.6 Å². The maximum Gasteiger partial charge on any atom is 0.305 e. The van der Waals surface area contributed by atoms with Gasteiger partial charge in [0.25, 0.3) is 0 Å². The van der Waals surface area contributed by atoms with Crippen molar-refractivity contribution >= 4 is 11.8 Å². The zero-order valence-electron chi connectivity index (χ0n) is 17.6. The summed E-state index contributed by atoms with van der Waals surface area (Å²) in [6.07, 6.45) is 8.17. The van der Waals surface area contributed by atoms with E-state index in [0.717, 1.165) is 61.4 Å². The Morgan fingerprint density at radius 1 is 1.19 bits per heavy atom. The zero-order chi connectivity index (χ0) is 21.8. The fourth-order valence-electron chi connectivity index (χ4n) is 3.98. The Morgan fingerprint density at radius 3 is 2.84 bits per heavy atom. The van der Waals surface area contributed by atoms with E-state index in [-0.39, 0.29) is 12.0 Å². The van der Waals surface area contributed by atoms with Gasteiger partial charge in [0.15, 0.2) is 0 Å². The molecule has 1 aliphatic heterocycles. The maximum atomic E-state index is 11.7. The molecule has 0 spiro atoms. The molecule has 0 saturated heterocycles. The van der Waals surface area contributed by atoms with Crippen molar-refractivity contribution in [3.8, 4) is 0 Å². The second kappa shape index (κ2) is 9.16. The lowest BCUT2D eigenvalue weighted by Crippen LogP contribution is -2.20. The van der Waals surface area contributed by atoms with Crippen LogP contribution in [0.2, 0.25) is 0 Å². The van der Waals surface area contributed by atoms with E-state index >= 15 is 0 Å². The van der Waals surface area contributed by atoms with Crippen LogP contribution in [-0.4, -0.2) is 37.0 Å².